The molecular formula is C24H22Cl2N6O3S. The van der Waals surface area contributed by atoms with Gasteiger partial charge in [-0.15, -0.1) is 16.1 Å². The third-order valence-electron chi connectivity index (χ3n) is 6.12. The molecular weight excluding hydrogens is 523 g/mol. The molecule has 1 amide bonds. The zero-order valence-electron chi connectivity index (χ0n) is 19.5. The predicted octanol–water partition coefficient (Wildman–Crippen LogP) is 3.52. The third kappa shape index (κ3) is 4.30. The van der Waals surface area contributed by atoms with Gasteiger partial charge >= 0.3 is 0 Å². The highest BCUT2D eigenvalue weighted by Crippen LogP contribution is 2.35. The van der Waals surface area contributed by atoms with Crippen molar-refractivity contribution in [1.29, 1.82) is 0 Å². The summed E-state index contributed by atoms with van der Waals surface area (Å²) >= 11 is 14.0. The van der Waals surface area contributed by atoms with Gasteiger partial charge in [0.15, 0.2) is 11.5 Å². The molecule has 1 aliphatic heterocycles. The van der Waals surface area contributed by atoms with Crippen molar-refractivity contribution in [3.8, 4) is 22.5 Å². The molecule has 2 N–H and O–H groups in total. The molecule has 0 aliphatic carbocycles. The number of piperazine rings is 1. The average molecular weight is 545 g/mol. The Hall–Kier alpha value is -3.18. The summed E-state index contributed by atoms with van der Waals surface area (Å²) in [5, 5.41) is 2.83. The number of nitrogens with two attached hydrogens (primary N) is 1. The van der Waals surface area contributed by atoms with Gasteiger partial charge in [0.05, 0.1) is 25.9 Å². The number of pyridine rings is 1. The molecule has 3 aromatic heterocycles. The standard InChI is InChI=1S/C24H22Cl2N6O3S/c1-30-6-8-31(9-7-30)24(34)18-10-13(12-36-18)21-28-20(27)15-11-14(19-16(25)4-3-5-17(19)26)23(33)32(35-2)22(15)29-21/h3-5,10-12H,6-9H2,1-2H3,(H2,27,28,29). The smallest absolute Gasteiger partial charge is 0.293 e. The number of rotatable bonds is 4. The van der Waals surface area contributed by atoms with Gasteiger partial charge in [0.25, 0.3) is 11.5 Å². The van der Waals surface area contributed by atoms with E-state index in [1.54, 1.807) is 35.7 Å². The van der Waals surface area contributed by atoms with Crippen LogP contribution in [0, 0.1) is 0 Å². The number of aromatic nitrogens is 3. The fraction of sp³-hybridized carbons (Fsp3) is 0.250. The van der Waals surface area contributed by atoms with E-state index in [9.17, 15) is 9.59 Å². The minimum absolute atomic E-state index is 0.0248. The molecule has 0 atom stereocenters. The van der Waals surface area contributed by atoms with E-state index in [2.05, 4.69) is 14.9 Å². The zero-order valence-corrected chi connectivity index (χ0v) is 21.8. The number of hydrogen-bond acceptors (Lipinski definition) is 8. The summed E-state index contributed by atoms with van der Waals surface area (Å²) in [5.74, 6) is 0.397. The highest BCUT2D eigenvalue weighted by molar-refractivity contribution is 7.12. The van der Waals surface area contributed by atoms with E-state index < -0.39 is 5.56 Å². The molecule has 0 saturated carbocycles. The number of anilines is 1. The van der Waals surface area contributed by atoms with Crippen LogP contribution in [0.25, 0.3) is 33.5 Å². The summed E-state index contributed by atoms with van der Waals surface area (Å²) in [6.45, 7) is 3.04. The quantitative estimate of drug-likeness (QED) is 0.418. The number of amides is 1. The number of likely N-dealkylation sites (N-methyl/N-ethyl adjacent to an activating group) is 1. The lowest BCUT2D eigenvalue weighted by Gasteiger charge is -2.32. The molecule has 4 heterocycles. The maximum absolute atomic E-state index is 13.3. The van der Waals surface area contributed by atoms with Crippen molar-refractivity contribution >= 4 is 57.3 Å². The Kier molecular flexibility index (Phi) is 6.60. The van der Waals surface area contributed by atoms with Crippen molar-refractivity contribution in [2.45, 2.75) is 0 Å². The van der Waals surface area contributed by atoms with E-state index in [0.29, 0.717) is 44.5 Å². The second-order valence-electron chi connectivity index (χ2n) is 8.40. The number of fused-ring (bicyclic) bond motifs is 1. The van der Waals surface area contributed by atoms with E-state index in [4.69, 9.17) is 33.8 Å². The Morgan fingerprint density at radius 1 is 1.11 bits per heavy atom. The number of benzene rings is 1. The van der Waals surface area contributed by atoms with Gasteiger partial charge in [0.1, 0.15) is 12.9 Å². The van der Waals surface area contributed by atoms with Crippen LogP contribution in [-0.2, 0) is 0 Å². The lowest BCUT2D eigenvalue weighted by Crippen LogP contribution is -2.46. The van der Waals surface area contributed by atoms with Crippen LogP contribution < -0.4 is 16.1 Å². The molecule has 186 valence electrons. The van der Waals surface area contributed by atoms with Crippen LogP contribution in [0.5, 0.6) is 0 Å². The first-order valence-electron chi connectivity index (χ1n) is 11.1. The van der Waals surface area contributed by atoms with Gasteiger partial charge in [-0.05, 0) is 31.3 Å². The fourth-order valence-electron chi connectivity index (χ4n) is 4.14. The molecule has 1 fully saturated rings. The summed E-state index contributed by atoms with van der Waals surface area (Å²) in [6, 6.07) is 8.29. The van der Waals surface area contributed by atoms with Crippen molar-refractivity contribution in [2.24, 2.45) is 0 Å². The van der Waals surface area contributed by atoms with Gasteiger partial charge in [-0.3, -0.25) is 9.59 Å². The average Bonchev–Trinajstić information content (AvgIpc) is 3.35. The van der Waals surface area contributed by atoms with Gasteiger partial charge in [-0.2, -0.15) is 0 Å². The number of halogens is 2. The van der Waals surface area contributed by atoms with Crippen LogP contribution in [-0.4, -0.2) is 70.7 Å². The van der Waals surface area contributed by atoms with Crippen molar-refractivity contribution in [3.63, 3.8) is 0 Å². The Labute approximate surface area is 220 Å². The predicted molar refractivity (Wildman–Crippen MR) is 143 cm³/mol. The van der Waals surface area contributed by atoms with Crippen molar-refractivity contribution in [3.05, 3.63) is 61.0 Å². The maximum atomic E-state index is 13.3. The second kappa shape index (κ2) is 9.70. The first-order valence-corrected chi connectivity index (χ1v) is 12.7. The molecule has 5 rings (SSSR count). The van der Waals surface area contributed by atoms with E-state index in [0.717, 1.165) is 17.8 Å². The first kappa shape index (κ1) is 24.5. The number of hydrogen-bond donors (Lipinski definition) is 1. The van der Waals surface area contributed by atoms with Crippen molar-refractivity contribution in [1.82, 2.24) is 24.5 Å². The molecule has 1 aromatic carbocycles. The molecule has 0 radical (unpaired) electrons. The highest BCUT2D eigenvalue weighted by Gasteiger charge is 2.24. The topological polar surface area (TPSA) is 107 Å². The number of thiophene rings is 1. The molecule has 0 unspecified atom stereocenters. The normalized spacial score (nSPS) is 14.4. The summed E-state index contributed by atoms with van der Waals surface area (Å²) in [5.41, 5.74) is 7.21. The van der Waals surface area contributed by atoms with Crippen molar-refractivity contribution < 1.29 is 9.63 Å². The Bertz CT molecular complexity index is 1520. The molecule has 1 aliphatic rings. The van der Waals surface area contributed by atoms with Crippen LogP contribution >= 0.6 is 34.5 Å². The van der Waals surface area contributed by atoms with E-state index >= 15 is 0 Å². The summed E-state index contributed by atoms with van der Waals surface area (Å²) in [7, 11) is 3.40. The lowest BCUT2D eigenvalue weighted by molar-refractivity contribution is 0.0669. The fourth-order valence-corrected chi connectivity index (χ4v) is 5.60. The van der Waals surface area contributed by atoms with Crippen LogP contribution in [0.3, 0.4) is 0 Å². The number of carbonyl (C=O) groups excluding carboxylic acids is 1. The van der Waals surface area contributed by atoms with Crippen molar-refractivity contribution in [2.75, 3.05) is 46.1 Å². The zero-order chi connectivity index (χ0) is 25.6. The largest absolute Gasteiger partial charge is 0.412 e. The van der Waals surface area contributed by atoms with E-state index in [1.807, 2.05) is 11.9 Å². The minimum Gasteiger partial charge on any atom is -0.412 e. The molecule has 36 heavy (non-hydrogen) atoms. The number of nitrogen functional groups attached to an aromatic ring is 1. The molecule has 4 aromatic rings. The van der Waals surface area contributed by atoms with Gasteiger partial charge in [0.2, 0.25) is 0 Å². The van der Waals surface area contributed by atoms with Gasteiger partial charge < -0.3 is 20.4 Å². The first-order chi connectivity index (χ1) is 17.3. The van der Waals surface area contributed by atoms with Crippen LogP contribution in [0.1, 0.15) is 9.67 Å². The van der Waals surface area contributed by atoms with Crippen LogP contribution in [0.15, 0.2) is 40.5 Å². The Morgan fingerprint density at radius 2 is 1.81 bits per heavy atom. The lowest BCUT2D eigenvalue weighted by atomic mass is 10.1. The molecule has 0 bridgehead atoms. The molecule has 1 saturated heterocycles. The summed E-state index contributed by atoms with van der Waals surface area (Å²) in [4.78, 5) is 45.3. The molecule has 9 nitrogen and oxygen atoms in total. The van der Waals surface area contributed by atoms with Gasteiger partial charge in [-0.25, -0.2) is 9.97 Å². The highest BCUT2D eigenvalue weighted by atomic mass is 35.5. The third-order valence-corrected chi connectivity index (χ3v) is 7.67. The number of carbonyl (C=O) groups is 1. The second-order valence-corrected chi connectivity index (χ2v) is 10.1. The molecule has 12 heteroatoms. The Morgan fingerprint density at radius 3 is 2.47 bits per heavy atom. The molecule has 0 spiro atoms. The maximum Gasteiger partial charge on any atom is 0.293 e. The van der Waals surface area contributed by atoms with E-state index in [-0.39, 0.29) is 28.8 Å². The van der Waals surface area contributed by atoms with Crippen LogP contribution in [0.4, 0.5) is 5.82 Å². The minimum atomic E-state index is -0.500. The Balaban J connectivity index is 1.58. The number of nitrogens with zero attached hydrogens (tertiary/aromatic N) is 5. The monoisotopic (exact) mass is 544 g/mol. The van der Waals surface area contributed by atoms with Gasteiger partial charge in [0, 0.05) is 42.7 Å². The summed E-state index contributed by atoms with van der Waals surface area (Å²) in [6.07, 6.45) is 0. The van der Waals surface area contributed by atoms with Crippen LogP contribution in [0.2, 0.25) is 10.0 Å². The van der Waals surface area contributed by atoms with Gasteiger partial charge in [-0.1, -0.05) is 29.3 Å². The van der Waals surface area contributed by atoms with E-state index in [1.165, 1.54) is 18.4 Å². The summed E-state index contributed by atoms with van der Waals surface area (Å²) < 4.78 is 1.04. The SMILES string of the molecule is COn1c(=O)c(-c2c(Cl)cccc2Cl)cc2c(N)nc(-c3csc(C(=O)N4CCN(C)CC4)c3)nc21.